The van der Waals surface area contributed by atoms with E-state index >= 15 is 0 Å². The first-order valence-corrected chi connectivity index (χ1v) is 7.88. The van der Waals surface area contributed by atoms with Gasteiger partial charge in [-0.25, -0.2) is 4.39 Å². The van der Waals surface area contributed by atoms with Gasteiger partial charge in [0.2, 0.25) is 0 Å². The van der Waals surface area contributed by atoms with Gasteiger partial charge in [-0.05, 0) is 50.7 Å². The molecule has 0 aromatic heterocycles. The summed E-state index contributed by atoms with van der Waals surface area (Å²) >= 11 is 0. The van der Waals surface area contributed by atoms with Crippen LogP contribution in [-0.2, 0) is 6.54 Å². The fraction of sp³-hybridized carbons (Fsp3) is 0.647. The largest absolute Gasteiger partial charge is 0.368 e. The minimum atomic E-state index is -0.0988. The molecule has 2 rings (SSSR count). The lowest BCUT2D eigenvalue weighted by atomic mass is 10.1. The number of hydrogen-bond acceptors (Lipinski definition) is 3. The predicted molar refractivity (Wildman–Crippen MR) is 87.2 cm³/mol. The molecule has 1 fully saturated rings. The molecule has 1 heterocycles. The fourth-order valence-electron chi connectivity index (χ4n) is 2.80. The molecule has 1 aromatic carbocycles. The van der Waals surface area contributed by atoms with Crippen molar-refractivity contribution in [3.63, 3.8) is 0 Å². The van der Waals surface area contributed by atoms with Gasteiger partial charge in [0.1, 0.15) is 5.82 Å². The van der Waals surface area contributed by atoms with E-state index in [-0.39, 0.29) is 5.82 Å². The molecule has 1 atom stereocenters. The van der Waals surface area contributed by atoms with Crippen LogP contribution in [0.25, 0.3) is 0 Å². The van der Waals surface area contributed by atoms with Crippen LogP contribution >= 0.6 is 0 Å². The Bertz CT molecular complexity index is 459. The van der Waals surface area contributed by atoms with Crippen LogP contribution in [0.3, 0.4) is 0 Å². The van der Waals surface area contributed by atoms with E-state index in [2.05, 4.69) is 43.1 Å². The smallest absolute Gasteiger partial charge is 0.146 e. The Kier molecular flexibility index (Phi) is 5.59. The molecule has 4 heteroatoms. The van der Waals surface area contributed by atoms with Crippen molar-refractivity contribution >= 4 is 5.69 Å². The molecule has 0 aliphatic carbocycles. The number of likely N-dealkylation sites (N-methyl/N-ethyl adjacent to an activating group) is 1. The summed E-state index contributed by atoms with van der Waals surface area (Å²) in [6.45, 7) is 7.88. The van der Waals surface area contributed by atoms with E-state index in [0.717, 1.165) is 43.9 Å². The third-order valence-corrected chi connectivity index (χ3v) is 4.13. The van der Waals surface area contributed by atoms with Gasteiger partial charge in [-0.3, -0.25) is 0 Å². The molecule has 0 bridgehead atoms. The molecule has 21 heavy (non-hydrogen) atoms. The van der Waals surface area contributed by atoms with E-state index in [9.17, 15) is 4.39 Å². The molecular formula is C17H28FN3. The SMILES string of the molecule is CC(C)CNCc1ccc(N2CCC(N(C)C)C2)c(F)c1. The molecule has 1 saturated heterocycles. The molecule has 1 aliphatic rings. The average Bonchev–Trinajstić information content (AvgIpc) is 2.88. The van der Waals surface area contributed by atoms with Crippen LogP contribution < -0.4 is 10.2 Å². The lowest BCUT2D eigenvalue weighted by Gasteiger charge is -2.22. The highest BCUT2D eigenvalue weighted by Gasteiger charge is 2.25. The quantitative estimate of drug-likeness (QED) is 0.870. The van der Waals surface area contributed by atoms with E-state index in [1.807, 2.05) is 12.1 Å². The third kappa shape index (κ3) is 4.42. The summed E-state index contributed by atoms with van der Waals surface area (Å²) in [5.74, 6) is 0.514. The average molecular weight is 293 g/mol. The molecule has 1 N–H and O–H groups in total. The molecule has 0 spiro atoms. The Morgan fingerprint density at radius 1 is 1.38 bits per heavy atom. The fourth-order valence-corrected chi connectivity index (χ4v) is 2.80. The molecule has 118 valence electrons. The first kappa shape index (κ1) is 16.2. The van der Waals surface area contributed by atoms with Crippen molar-refractivity contribution in [1.29, 1.82) is 0 Å². The summed E-state index contributed by atoms with van der Waals surface area (Å²) < 4.78 is 14.3. The highest BCUT2D eigenvalue weighted by atomic mass is 19.1. The van der Waals surface area contributed by atoms with Crippen molar-refractivity contribution in [2.45, 2.75) is 32.9 Å². The zero-order valence-corrected chi connectivity index (χ0v) is 13.7. The van der Waals surface area contributed by atoms with Crippen LogP contribution in [0.5, 0.6) is 0 Å². The zero-order chi connectivity index (χ0) is 15.4. The van der Waals surface area contributed by atoms with Crippen molar-refractivity contribution in [3.05, 3.63) is 29.6 Å². The monoisotopic (exact) mass is 293 g/mol. The van der Waals surface area contributed by atoms with E-state index in [0.29, 0.717) is 12.0 Å². The van der Waals surface area contributed by atoms with Gasteiger partial charge in [0.15, 0.2) is 0 Å². The molecule has 1 aliphatic heterocycles. The summed E-state index contributed by atoms with van der Waals surface area (Å²) in [6.07, 6.45) is 1.10. The topological polar surface area (TPSA) is 18.5 Å². The number of benzene rings is 1. The minimum absolute atomic E-state index is 0.0988. The second-order valence-electron chi connectivity index (χ2n) is 6.66. The first-order valence-electron chi connectivity index (χ1n) is 7.88. The number of rotatable bonds is 6. The summed E-state index contributed by atoms with van der Waals surface area (Å²) in [4.78, 5) is 4.38. The van der Waals surface area contributed by atoms with Crippen LogP contribution in [0.15, 0.2) is 18.2 Å². The second kappa shape index (κ2) is 7.23. The number of halogens is 1. The summed E-state index contributed by atoms with van der Waals surface area (Å²) in [5, 5.41) is 3.35. The first-order chi connectivity index (χ1) is 9.97. The number of nitrogens with one attached hydrogen (secondary N) is 1. The van der Waals surface area contributed by atoms with Gasteiger partial charge >= 0.3 is 0 Å². The van der Waals surface area contributed by atoms with Gasteiger partial charge in [-0.1, -0.05) is 19.9 Å². The maximum absolute atomic E-state index is 14.3. The molecule has 1 aromatic rings. The van der Waals surface area contributed by atoms with Crippen molar-refractivity contribution < 1.29 is 4.39 Å². The Morgan fingerprint density at radius 2 is 2.14 bits per heavy atom. The number of anilines is 1. The molecule has 0 amide bonds. The molecule has 0 radical (unpaired) electrons. The van der Waals surface area contributed by atoms with Gasteiger partial charge < -0.3 is 15.1 Å². The molecular weight excluding hydrogens is 265 g/mol. The summed E-state index contributed by atoms with van der Waals surface area (Å²) in [7, 11) is 4.18. The second-order valence-corrected chi connectivity index (χ2v) is 6.66. The third-order valence-electron chi connectivity index (χ3n) is 4.13. The highest BCUT2D eigenvalue weighted by Crippen LogP contribution is 2.25. The van der Waals surface area contributed by atoms with Crippen LogP contribution in [0.1, 0.15) is 25.8 Å². The van der Waals surface area contributed by atoms with Crippen LogP contribution in [0, 0.1) is 11.7 Å². The van der Waals surface area contributed by atoms with Crippen LogP contribution in [0.4, 0.5) is 10.1 Å². The Morgan fingerprint density at radius 3 is 2.71 bits per heavy atom. The Balaban J connectivity index is 1.96. The molecule has 0 saturated carbocycles. The number of nitrogens with zero attached hydrogens (tertiary/aromatic N) is 2. The zero-order valence-electron chi connectivity index (χ0n) is 13.7. The lowest BCUT2D eigenvalue weighted by molar-refractivity contribution is 0.315. The van der Waals surface area contributed by atoms with Gasteiger partial charge in [-0.2, -0.15) is 0 Å². The number of hydrogen-bond donors (Lipinski definition) is 1. The van der Waals surface area contributed by atoms with E-state index in [1.54, 1.807) is 6.07 Å². The van der Waals surface area contributed by atoms with Crippen molar-refractivity contribution in [2.24, 2.45) is 5.92 Å². The van der Waals surface area contributed by atoms with Gasteiger partial charge in [0, 0.05) is 25.7 Å². The Labute approximate surface area is 128 Å². The predicted octanol–water partition coefficient (Wildman–Crippen LogP) is 2.71. The summed E-state index contributed by atoms with van der Waals surface area (Å²) in [6, 6.07) is 6.16. The minimum Gasteiger partial charge on any atom is -0.368 e. The van der Waals surface area contributed by atoms with E-state index < -0.39 is 0 Å². The van der Waals surface area contributed by atoms with Gasteiger partial charge in [-0.15, -0.1) is 0 Å². The summed E-state index contributed by atoms with van der Waals surface area (Å²) in [5.41, 5.74) is 1.76. The standard InChI is InChI=1S/C17H28FN3/c1-13(2)10-19-11-14-5-6-17(16(18)9-14)21-8-7-15(12-21)20(3)4/h5-6,9,13,15,19H,7-8,10-12H2,1-4H3. The Hall–Kier alpha value is -1.13. The van der Waals surface area contributed by atoms with Crippen molar-refractivity contribution in [3.8, 4) is 0 Å². The van der Waals surface area contributed by atoms with E-state index in [1.165, 1.54) is 0 Å². The van der Waals surface area contributed by atoms with Gasteiger partial charge in [0.25, 0.3) is 0 Å². The van der Waals surface area contributed by atoms with Crippen molar-refractivity contribution in [2.75, 3.05) is 38.6 Å². The van der Waals surface area contributed by atoms with Crippen LogP contribution in [0.2, 0.25) is 0 Å². The van der Waals surface area contributed by atoms with Gasteiger partial charge in [0.05, 0.1) is 5.69 Å². The lowest BCUT2D eigenvalue weighted by Crippen LogP contribution is -2.31. The molecule has 3 nitrogen and oxygen atoms in total. The normalized spacial score (nSPS) is 19.0. The van der Waals surface area contributed by atoms with E-state index in [4.69, 9.17) is 0 Å². The van der Waals surface area contributed by atoms with Crippen LogP contribution in [-0.4, -0.2) is 44.7 Å². The maximum atomic E-state index is 14.3. The highest BCUT2D eigenvalue weighted by molar-refractivity contribution is 5.50. The maximum Gasteiger partial charge on any atom is 0.146 e. The van der Waals surface area contributed by atoms with Crippen molar-refractivity contribution in [1.82, 2.24) is 10.2 Å². The molecule has 1 unspecified atom stereocenters.